The fraction of sp³-hybridized carbons (Fsp3) is 0.360. The van der Waals surface area contributed by atoms with E-state index in [0.717, 1.165) is 36.8 Å². The molecule has 0 atom stereocenters. The standard InChI is InChI=1S/C25H29ClN4O2/c1-17(2)29-13-11-21(12-14-29)28-25(32)23-15-18-5-3-4-6-22(18)30(23)16-24(31)27-20-9-7-19(26)8-10-20/h3-10,15,17,21H,11-14,16H2,1-2H3,(H,27,31)(H,28,32). The van der Waals surface area contributed by atoms with Crippen LogP contribution in [-0.4, -0.2) is 46.5 Å². The van der Waals surface area contributed by atoms with E-state index in [1.54, 1.807) is 28.8 Å². The molecule has 0 aliphatic carbocycles. The lowest BCUT2D eigenvalue weighted by Crippen LogP contribution is -2.47. The maximum atomic E-state index is 13.2. The number of rotatable bonds is 6. The molecule has 32 heavy (non-hydrogen) atoms. The molecular weight excluding hydrogens is 424 g/mol. The van der Waals surface area contributed by atoms with Gasteiger partial charge in [0.05, 0.1) is 0 Å². The normalized spacial score (nSPS) is 15.2. The highest BCUT2D eigenvalue weighted by atomic mass is 35.5. The van der Waals surface area contributed by atoms with Crippen LogP contribution in [0.1, 0.15) is 37.2 Å². The van der Waals surface area contributed by atoms with E-state index in [2.05, 4.69) is 29.4 Å². The van der Waals surface area contributed by atoms with Crippen LogP contribution < -0.4 is 10.6 Å². The van der Waals surface area contributed by atoms with Crippen molar-refractivity contribution in [2.45, 2.75) is 45.3 Å². The van der Waals surface area contributed by atoms with Gasteiger partial charge in [-0.15, -0.1) is 0 Å². The molecule has 2 amide bonds. The maximum absolute atomic E-state index is 13.2. The van der Waals surface area contributed by atoms with Gasteiger partial charge in [-0.3, -0.25) is 9.59 Å². The maximum Gasteiger partial charge on any atom is 0.268 e. The summed E-state index contributed by atoms with van der Waals surface area (Å²) < 4.78 is 1.79. The Morgan fingerprint density at radius 1 is 1.06 bits per heavy atom. The fourth-order valence-corrected chi connectivity index (χ4v) is 4.39. The first-order chi connectivity index (χ1) is 15.4. The number of halogens is 1. The molecule has 1 aromatic heterocycles. The molecule has 2 heterocycles. The van der Waals surface area contributed by atoms with Crippen molar-refractivity contribution in [3.05, 3.63) is 65.3 Å². The van der Waals surface area contributed by atoms with Crippen LogP contribution in [0.4, 0.5) is 5.69 Å². The summed E-state index contributed by atoms with van der Waals surface area (Å²) in [7, 11) is 0. The van der Waals surface area contributed by atoms with Crippen molar-refractivity contribution in [2.75, 3.05) is 18.4 Å². The second-order valence-corrected chi connectivity index (χ2v) is 9.04. The average Bonchev–Trinajstić information content (AvgIpc) is 3.14. The highest BCUT2D eigenvalue weighted by Gasteiger charge is 2.24. The molecule has 4 rings (SSSR count). The van der Waals surface area contributed by atoms with Crippen molar-refractivity contribution in [1.29, 1.82) is 0 Å². The predicted molar refractivity (Wildman–Crippen MR) is 129 cm³/mol. The van der Waals surface area contributed by atoms with Crippen molar-refractivity contribution in [1.82, 2.24) is 14.8 Å². The Balaban J connectivity index is 1.50. The summed E-state index contributed by atoms with van der Waals surface area (Å²) in [5, 5.41) is 7.62. The first-order valence-corrected chi connectivity index (χ1v) is 11.5. The summed E-state index contributed by atoms with van der Waals surface area (Å²) in [5.74, 6) is -0.337. The molecule has 1 saturated heterocycles. The molecule has 168 valence electrons. The molecule has 6 nitrogen and oxygen atoms in total. The zero-order chi connectivity index (χ0) is 22.7. The lowest BCUT2D eigenvalue weighted by atomic mass is 10.0. The Hall–Kier alpha value is -2.83. The number of aromatic nitrogens is 1. The minimum Gasteiger partial charge on any atom is -0.348 e. The van der Waals surface area contributed by atoms with Gasteiger partial charge in [-0.1, -0.05) is 29.8 Å². The second kappa shape index (κ2) is 9.76. The largest absolute Gasteiger partial charge is 0.348 e. The summed E-state index contributed by atoms with van der Waals surface area (Å²) in [6.07, 6.45) is 1.86. The topological polar surface area (TPSA) is 66.4 Å². The molecule has 1 aliphatic rings. The molecule has 1 aliphatic heterocycles. The number of nitrogens with zero attached hydrogens (tertiary/aromatic N) is 2. The number of hydrogen-bond donors (Lipinski definition) is 2. The molecule has 0 saturated carbocycles. The Kier molecular flexibility index (Phi) is 6.82. The minimum atomic E-state index is -0.201. The first-order valence-electron chi connectivity index (χ1n) is 11.1. The highest BCUT2D eigenvalue weighted by Crippen LogP contribution is 2.22. The average molecular weight is 453 g/mol. The van der Waals surface area contributed by atoms with Gasteiger partial charge in [-0.25, -0.2) is 0 Å². The minimum absolute atomic E-state index is 0.0463. The molecule has 7 heteroatoms. The number of piperidine rings is 1. The van der Waals surface area contributed by atoms with E-state index in [0.29, 0.717) is 22.4 Å². The van der Waals surface area contributed by atoms with Crippen LogP contribution >= 0.6 is 11.6 Å². The number of fused-ring (bicyclic) bond motifs is 1. The fourth-order valence-electron chi connectivity index (χ4n) is 4.27. The van der Waals surface area contributed by atoms with Crippen LogP contribution in [0.3, 0.4) is 0 Å². The van der Waals surface area contributed by atoms with Gasteiger partial charge in [0.15, 0.2) is 0 Å². The van der Waals surface area contributed by atoms with E-state index in [4.69, 9.17) is 11.6 Å². The highest BCUT2D eigenvalue weighted by molar-refractivity contribution is 6.30. The van der Waals surface area contributed by atoms with Crippen LogP contribution in [0.2, 0.25) is 5.02 Å². The van der Waals surface area contributed by atoms with E-state index in [-0.39, 0.29) is 24.4 Å². The number of carbonyl (C=O) groups excluding carboxylic acids is 2. The van der Waals surface area contributed by atoms with Crippen molar-refractivity contribution >= 4 is 40.0 Å². The van der Waals surface area contributed by atoms with Crippen LogP contribution in [-0.2, 0) is 11.3 Å². The molecule has 2 N–H and O–H groups in total. The van der Waals surface area contributed by atoms with Crippen molar-refractivity contribution in [3.8, 4) is 0 Å². The SMILES string of the molecule is CC(C)N1CCC(NC(=O)c2cc3ccccc3n2CC(=O)Nc2ccc(Cl)cc2)CC1. The number of nitrogens with one attached hydrogen (secondary N) is 2. The number of benzene rings is 2. The van der Waals surface area contributed by atoms with E-state index in [1.165, 1.54) is 0 Å². The van der Waals surface area contributed by atoms with E-state index >= 15 is 0 Å². The molecule has 2 aromatic carbocycles. The Bertz CT molecular complexity index is 1100. The van der Waals surface area contributed by atoms with Crippen LogP contribution in [0.5, 0.6) is 0 Å². The van der Waals surface area contributed by atoms with Crippen LogP contribution in [0.15, 0.2) is 54.6 Å². The number of anilines is 1. The lowest BCUT2D eigenvalue weighted by molar-refractivity contribution is -0.116. The Morgan fingerprint density at radius 2 is 1.75 bits per heavy atom. The third-order valence-corrected chi connectivity index (χ3v) is 6.32. The number of amides is 2. The summed E-state index contributed by atoms with van der Waals surface area (Å²) in [4.78, 5) is 28.4. The number of para-hydroxylation sites is 1. The number of hydrogen-bond acceptors (Lipinski definition) is 3. The third-order valence-electron chi connectivity index (χ3n) is 6.07. The van der Waals surface area contributed by atoms with Crippen LogP contribution in [0, 0.1) is 0 Å². The zero-order valence-electron chi connectivity index (χ0n) is 18.5. The lowest BCUT2D eigenvalue weighted by Gasteiger charge is -2.34. The van der Waals surface area contributed by atoms with Crippen LogP contribution in [0.25, 0.3) is 10.9 Å². The second-order valence-electron chi connectivity index (χ2n) is 8.61. The molecule has 1 fully saturated rings. The van der Waals surface area contributed by atoms with Gasteiger partial charge in [0.1, 0.15) is 12.2 Å². The van der Waals surface area contributed by atoms with Gasteiger partial charge in [-0.05, 0) is 63.1 Å². The molecule has 0 radical (unpaired) electrons. The smallest absolute Gasteiger partial charge is 0.268 e. The van der Waals surface area contributed by atoms with Crippen molar-refractivity contribution in [3.63, 3.8) is 0 Å². The van der Waals surface area contributed by atoms with Gasteiger partial charge in [0.25, 0.3) is 5.91 Å². The number of carbonyl (C=O) groups is 2. The Labute approximate surface area is 193 Å². The Morgan fingerprint density at radius 3 is 2.44 bits per heavy atom. The van der Waals surface area contributed by atoms with Gasteiger partial charge in [0.2, 0.25) is 5.91 Å². The molecular formula is C25H29ClN4O2. The quantitative estimate of drug-likeness (QED) is 0.577. The van der Waals surface area contributed by atoms with Gasteiger partial charge < -0.3 is 20.1 Å². The van der Waals surface area contributed by atoms with Crippen molar-refractivity contribution < 1.29 is 9.59 Å². The van der Waals surface area contributed by atoms with E-state index in [9.17, 15) is 9.59 Å². The predicted octanol–water partition coefficient (Wildman–Crippen LogP) is 4.54. The molecule has 3 aromatic rings. The summed E-state index contributed by atoms with van der Waals surface area (Å²) in [6.45, 7) is 6.41. The third kappa shape index (κ3) is 5.14. The van der Waals surface area contributed by atoms with Crippen molar-refractivity contribution in [2.24, 2.45) is 0 Å². The molecule has 0 bridgehead atoms. The molecule has 0 unspecified atom stereocenters. The molecule has 0 spiro atoms. The summed E-state index contributed by atoms with van der Waals surface area (Å²) in [6, 6.07) is 17.2. The van der Waals surface area contributed by atoms with Gasteiger partial charge >= 0.3 is 0 Å². The first kappa shape index (κ1) is 22.4. The number of likely N-dealkylation sites (tertiary alicyclic amines) is 1. The van der Waals surface area contributed by atoms with Gasteiger partial charge in [0, 0.05) is 46.8 Å². The van der Waals surface area contributed by atoms with E-state index < -0.39 is 0 Å². The summed E-state index contributed by atoms with van der Waals surface area (Å²) in [5.41, 5.74) is 2.03. The summed E-state index contributed by atoms with van der Waals surface area (Å²) >= 11 is 5.92. The van der Waals surface area contributed by atoms with E-state index in [1.807, 2.05) is 30.3 Å². The zero-order valence-corrected chi connectivity index (χ0v) is 19.2. The van der Waals surface area contributed by atoms with Gasteiger partial charge in [-0.2, -0.15) is 0 Å². The monoisotopic (exact) mass is 452 g/mol.